The van der Waals surface area contributed by atoms with Gasteiger partial charge in [0, 0.05) is 18.4 Å². The normalized spacial score (nSPS) is 10.9. The maximum atomic E-state index is 5.79. The molecule has 3 rings (SSSR count). The summed E-state index contributed by atoms with van der Waals surface area (Å²) in [7, 11) is 2.07. The van der Waals surface area contributed by atoms with Gasteiger partial charge >= 0.3 is 0 Å². The van der Waals surface area contributed by atoms with Gasteiger partial charge in [-0.3, -0.25) is 0 Å². The van der Waals surface area contributed by atoms with Crippen molar-refractivity contribution in [2.75, 3.05) is 17.7 Å². The SMILES string of the molecule is Cc1ccccc1N(C)Cc1nc2ccc(N)cc2[nH]1. The number of fused-ring (bicyclic) bond motifs is 1. The molecule has 20 heavy (non-hydrogen) atoms. The molecular formula is C16H18N4. The van der Waals surface area contributed by atoms with E-state index in [-0.39, 0.29) is 0 Å². The number of H-pyrrole nitrogens is 1. The highest BCUT2D eigenvalue weighted by Gasteiger charge is 2.08. The monoisotopic (exact) mass is 266 g/mol. The van der Waals surface area contributed by atoms with Crippen LogP contribution in [0.15, 0.2) is 42.5 Å². The Balaban J connectivity index is 1.87. The third-order valence-electron chi connectivity index (χ3n) is 3.47. The number of anilines is 2. The summed E-state index contributed by atoms with van der Waals surface area (Å²) in [6, 6.07) is 14.1. The number of aryl methyl sites for hydroxylation is 1. The van der Waals surface area contributed by atoms with Crippen molar-refractivity contribution < 1.29 is 0 Å². The lowest BCUT2D eigenvalue weighted by molar-refractivity contribution is 0.861. The molecule has 0 unspecified atom stereocenters. The number of para-hydroxylation sites is 1. The highest BCUT2D eigenvalue weighted by atomic mass is 15.1. The minimum absolute atomic E-state index is 0.736. The molecule has 1 aromatic heterocycles. The van der Waals surface area contributed by atoms with Crippen LogP contribution >= 0.6 is 0 Å². The Morgan fingerprint density at radius 3 is 2.80 bits per heavy atom. The lowest BCUT2D eigenvalue weighted by Gasteiger charge is -2.20. The molecule has 4 heteroatoms. The topological polar surface area (TPSA) is 57.9 Å². The molecule has 0 radical (unpaired) electrons. The summed E-state index contributed by atoms with van der Waals surface area (Å²) in [5.74, 6) is 0.941. The van der Waals surface area contributed by atoms with Gasteiger partial charge in [-0.25, -0.2) is 4.98 Å². The van der Waals surface area contributed by atoms with Gasteiger partial charge in [0.2, 0.25) is 0 Å². The van der Waals surface area contributed by atoms with Crippen LogP contribution in [0.25, 0.3) is 11.0 Å². The van der Waals surface area contributed by atoms with Gasteiger partial charge in [0.15, 0.2) is 0 Å². The standard InChI is InChI=1S/C16H18N4/c1-11-5-3-4-6-15(11)20(2)10-16-18-13-8-7-12(17)9-14(13)19-16/h3-9H,10,17H2,1-2H3,(H,18,19). The number of hydrogen-bond donors (Lipinski definition) is 2. The Morgan fingerprint density at radius 1 is 1.20 bits per heavy atom. The Hall–Kier alpha value is -2.49. The molecule has 0 spiro atoms. The van der Waals surface area contributed by atoms with E-state index in [0.29, 0.717) is 0 Å². The average Bonchev–Trinajstić information content (AvgIpc) is 2.80. The maximum Gasteiger partial charge on any atom is 0.126 e. The molecule has 0 aliphatic rings. The number of aromatic amines is 1. The molecule has 4 nitrogen and oxygen atoms in total. The van der Waals surface area contributed by atoms with E-state index in [4.69, 9.17) is 5.73 Å². The third-order valence-corrected chi connectivity index (χ3v) is 3.47. The van der Waals surface area contributed by atoms with E-state index >= 15 is 0 Å². The van der Waals surface area contributed by atoms with Gasteiger partial charge in [0.25, 0.3) is 0 Å². The summed E-state index contributed by atoms with van der Waals surface area (Å²) in [5.41, 5.74) is 10.9. The second kappa shape index (κ2) is 4.89. The minimum atomic E-state index is 0.736. The summed E-state index contributed by atoms with van der Waals surface area (Å²) in [4.78, 5) is 10.1. The second-order valence-corrected chi connectivity index (χ2v) is 5.10. The average molecular weight is 266 g/mol. The quantitative estimate of drug-likeness (QED) is 0.716. The van der Waals surface area contributed by atoms with E-state index in [9.17, 15) is 0 Å². The van der Waals surface area contributed by atoms with Crippen molar-refractivity contribution in [3.8, 4) is 0 Å². The molecule has 0 aliphatic heterocycles. The Kier molecular flexibility index (Phi) is 3.06. The predicted molar refractivity (Wildman–Crippen MR) is 83.8 cm³/mol. The van der Waals surface area contributed by atoms with Crippen molar-refractivity contribution >= 4 is 22.4 Å². The van der Waals surface area contributed by atoms with Crippen LogP contribution in [0.4, 0.5) is 11.4 Å². The van der Waals surface area contributed by atoms with E-state index < -0.39 is 0 Å². The van der Waals surface area contributed by atoms with Crippen molar-refractivity contribution in [2.24, 2.45) is 0 Å². The largest absolute Gasteiger partial charge is 0.399 e. The number of imidazole rings is 1. The molecule has 0 saturated heterocycles. The van der Waals surface area contributed by atoms with Crippen LogP contribution in [-0.4, -0.2) is 17.0 Å². The molecule has 102 valence electrons. The van der Waals surface area contributed by atoms with Crippen LogP contribution < -0.4 is 10.6 Å². The molecule has 0 amide bonds. The Bertz CT molecular complexity index is 745. The number of nitrogens with two attached hydrogens (primary N) is 1. The molecule has 3 N–H and O–H groups in total. The number of rotatable bonds is 3. The van der Waals surface area contributed by atoms with E-state index in [1.54, 1.807) is 0 Å². The fraction of sp³-hybridized carbons (Fsp3) is 0.188. The number of hydrogen-bond acceptors (Lipinski definition) is 3. The van der Waals surface area contributed by atoms with Crippen LogP contribution in [0.3, 0.4) is 0 Å². The zero-order valence-corrected chi connectivity index (χ0v) is 11.7. The molecule has 3 aromatic rings. The van der Waals surface area contributed by atoms with Crippen molar-refractivity contribution in [1.29, 1.82) is 0 Å². The lowest BCUT2D eigenvalue weighted by Crippen LogP contribution is -2.18. The zero-order chi connectivity index (χ0) is 14.1. The van der Waals surface area contributed by atoms with Crippen molar-refractivity contribution in [3.63, 3.8) is 0 Å². The fourth-order valence-electron chi connectivity index (χ4n) is 2.46. The molecule has 0 aliphatic carbocycles. The fourth-order valence-corrected chi connectivity index (χ4v) is 2.46. The van der Waals surface area contributed by atoms with Gasteiger partial charge in [0.1, 0.15) is 5.82 Å². The van der Waals surface area contributed by atoms with E-state index in [0.717, 1.165) is 29.1 Å². The van der Waals surface area contributed by atoms with Gasteiger partial charge in [-0.05, 0) is 36.8 Å². The molecule has 0 saturated carbocycles. The number of benzene rings is 2. The maximum absolute atomic E-state index is 5.79. The smallest absolute Gasteiger partial charge is 0.126 e. The van der Waals surface area contributed by atoms with Crippen LogP contribution in [0.5, 0.6) is 0 Å². The van der Waals surface area contributed by atoms with Crippen LogP contribution in [0.1, 0.15) is 11.4 Å². The van der Waals surface area contributed by atoms with Crippen LogP contribution in [-0.2, 0) is 6.54 Å². The van der Waals surface area contributed by atoms with Gasteiger partial charge in [-0.2, -0.15) is 0 Å². The summed E-state index contributed by atoms with van der Waals surface area (Å²) in [5, 5.41) is 0. The van der Waals surface area contributed by atoms with Crippen molar-refractivity contribution in [1.82, 2.24) is 9.97 Å². The third kappa shape index (κ3) is 2.32. The first kappa shape index (κ1) is 12.5. The van der Waals surface area contributed by atoms with E-state index in [1.165, 1.54) is 11.3 Å². The second-order valence-electron chi connectivity index (χ2n) is 5.10. The van der Waals surface area contributed by atoms with Crippen LogP contribution in [0.2, 0.25) is 0 Å². The number of nitrogen functional groups attached to an aromatic ring is 1. The highest BCUT2D eigenvalue weighted by molar-refractivity contribution is 5.78. The molecule has 0 bridgehead atoms. The number of nitrogens with zero attached hydrogens (tertiary/aromatic N) is 2. The summed E-state index contributed by atoms with van der Waals surface area (Å²) in [6.07, 6.45) is 0. The Labute approximate surface area is 118 Å². The van der Waals surface area contributed by atoms with Crippen LogP contribution in [0, 0.1) is 6.92 Å². The summed E-state index contributed by atoms with van der Waals surface area (Å²) < 4.78 is 0. The zero-order valence-electron chi connectivity index (χ0n) is 11.7. The first-order chi connectivity index (χ1) is 9.63. The number of aromatic nitrogens is 2. The van der Waals surface area contributed by atoms with Gasteiger partial charge < -0.3 is 15.6 Å². The van der Waals surface area contributed by atoms with Gasteiger partial charge in [0.05, 0.1) is 17.6 Å². The van der Waals surface area contributed by atoms with Gasteiger partial charge in [-0.15, -0.1) is 0 Å². The molecule has 2 aromatic carbocycles. The lowest BCUT2D eigenvalue weighted by atomic mass is 10.2. The van der Waals surface area contributed by atoms with E-state index in [1.807, 2.05) is 18.2 Å². The van der Waals surface area contributed by atoms with Crippen molar-refractivity contribution in [2.45, 2.75) is 13.5 Å². The number of nitrogens with one attached hydrogen (secondary N) is 1. The summed E-state index contributed by atoms with van der Waals surface area (Å²) in [6.45, 7) is 2.85. The Morgan fingerprint density at radius 2 is 2.00 bits per heavy atom. The van der Waals surface area contributed by atoms with Gasteiger partial charge in [-0.1, -0.05) is 18.2 Å². The predicted octanol–water partition coefficient (Wildman–Crippen LogP) is 3.09. The first-order valence-electron chi connectivity index (χ1n) is 6.64. The first-order valence-corrected chi connectivity index (χ1v) is 6.64. The van der Waals surface area contributed by atoms with Crippen molar-refractivity contribution in [3.05, 3.63) is 53.9 Å². The molecular weight excluding hydrogens is 248 g/mol. The minimum Gasteiger partial charge on any atom is -0.399 e. The molecule has 1 heterocycles. The summed E-state index contributed by atoms with van der Waals surface area (Å²) >= 11 is 0. The molecule has 0 atom stereocenters. The van der Waals surface area contributed by atoms with E-state index in [2.05, 4.69) is 53.1 Å². The highest BCUT2D eigenvalue weighted by Crippen LogP contribution is 2.21. The molecule has 0 fully saturated rings.